The summed E-state index contributed by atoms with van der Waals surface area (Å²) in [5, 5.41) is 5.42. The highest BCUT2D eigenvalue weighted by Gasteiger charge is 2.27. The first kappa shape index (κ1) is 18.0. The fourth-order valence-electron chi connectivity index (χ4n) is 3.82. The highest BCUT2D eigenvalue weighted by molar-refractivity contribution is 7.10. The first-order valence-corrected chi connectivity index (χ1v) is 10.3. The number of carbonyl (C=O) groups is 1. The molecule has 1 aliphatic heterocycles. The molecule has 0 fully saturated rings. The second-order valence-electron chi connectivity index (χ2n) is 7.02. The van der Waals surface area contributed by atoms with Crippen molar-refractivity contribution in [1.82, 2.24) is 10.2 Å². The Morgan fingerprint density at radius 2 is 1.70 bits per heavy atom. The van der Waals surface area contributed by atoms with Gasteiger partial charge in [-0.2, -0.15) is 0 Å². The fraction of sp³-hybridized carbons (Fsp3) is 0.261. The quantitative estimate of drug-likeness (QED) is 0.707. The summed E-state index contributed by atoms with van der Waals surface area (Å²) in [6.45, 7) is 3.56. The SMILES string of the molecule is C[C@H]1c2ccsc2CCN1CC(=O)NC(c1ccccc1)c1ccccc1. The van der Waals surface area contributed by atoms with E-state index in [4.69, 9.17) is 0 Å². The monoisotopic (exact) mass is 376 g/mol. The van der Waals surface area contributed by atoms with Crippen LogP contribution >= 0.6 is 11.3 Å². The van der Waals surface area contributed by atoms with Crippen molar-refractivity contribution in [1.29, 1.82) is 0 Å². The van der Waals surface area contributed by atoms with E-state index in [1.165, 1.54) is 10.4 Å². The van der Waals surface area contributed by atoms with Gasteiger partial charge in [0.05, 0.1) is 12.6 Å². The van der Waals surface area contributed by atoms with E-state index in [0.29, 0.717) is 6.54 Å². The third-order valence-corrected chi connectivity index (χ3v) is 6.32. The third-order valence-electron chi connectivity index (χ3n) is 5.32. The number of carbonyl (C=O) groups excluding carboxylic acids is 1. The maximum atomic E-state index is 12.9. The van der Waals surface area contributed by atoms with Crippen molar-refractivity contribution in [3.05, 3.63) is 93.7 Å². The molecule has 2 aromatic carbocycles. The lowest BCUT2D eigenvalue weighted by molar-refractivity contribution is -0.123. The molecule has 0 radical (unpaired) electrons. The highest BCUT2D eigenvalue weighted by Crippen LogP contribution is 2.32. The number of rotatable bonds is 5. The zero-order chi connectivity index (χ0) is 18.6. The molecular weight excluding hydrogens is 352 g/mol. The molecule has 4 heteroatoms. The minimum atomic E-state index is -0.128. The second kappa shape index (κ2) is 8.07. The molecule has 138 valence electrons. The summed E-state index contributed by atoms with van der Waals surface area (Å²) in [5.74, 6) is 0.0678. The zero-order valence-electron chi connectivity index (χ0n) is 15.5. The Balaban J connectivity index is 1.49. The number of nitrogens with zero attached hydrogens (tertiary/aromatic N) is 1. The third kappa shape index (κ3) is 3.97. The first-order valence-electron chi connectivity index (χ1n) is 9.42. The number of hydrogen-bond acceptors (Lipinski definition) is 3. The van der Waals surface area contributed by atoms with Gasteiger partial charge in [0, 0.05) is 17.5 Å². The number of fused-ring (bicyclic) bond motifs is 1. The van der Waals surface area contributed by atoms with Crippen LogP contribution in [0.3, 0.4) is 0 Å². The maximum Gasteiger partial charge on any atom is 0.234 e. The topological polar surface area (TPSA) is 32.3 Å². The van der Waals surface area contributed by atoms with Crippen LogP contribution in [0.15, 0.2) is 72.1 Å². The van der Waals surface area contributed by atoms with Gasteiger partial charge in [-0.15, -0.1) is 11.3 Å². The highest BCUT2D eigenvalue weighted by atomic mass is 32.1. The molecule has 0 saturated carbocycles. The molecule has 1 amide bonds. The lowest BCUT2D eigenvalue weighted by Crippen LogP contribution is -2.42. The summed E-state index contributed by atoms with van der Waals surface area (Å²) >= 11 is 1.83. The van der Waals surface area contributed by atoms with Crippen LogP contribution < -0.4 is 5.32 Å². The van der Waals surface area contributed by atoms with Gasteiger partial charge in [-0.3, -0.25) is 9.69 Å². The van der Waals surface area contributed by atoms with Gasteiger partial charge in [0.2, 0.25) is 5.91 Å². The van der Waals surface area contributed by atoms with E-state index in [1.807, 2.05) is 47.7 Å². The van der Waals surface area contributed by atoms with Crippen molar-refractivity contribution in [3.8, 4) is 0 Å². The Kier molecular flexibility index (Phi) is 5.37. The van der Waals surface area contributed by atoms with E-state index in [1.54, 1.807) is 0 Å². The van der Waals surface area contributed by atoms with Gasteiger partial charge < -0.3 is 5.32 Å². The molecule has 4 rings (SSSR count). The van der Waals surface area contributed by atoms with Gasteiger partial charge in [-0.05, 0) is 41.5 Å². The molecule has 1 aliphatic rings. The number of amides is 1. The van der Waals surface area contributed by atoms with Gasteiger partial charge in [0.15, 0.2) is 0 Å². The van der Waals surface area contributed by atoms with Crippen LogP contribution in [0.4, 0.5) is 0 Å². The summed E-state index contributed by atoms with van der Waals surface area (Å²) in [5.41, 5.74) is 3.58. The van der Waals surface area contributed by atoms with Crippen LogP contribution in [-0.4, -0.2) is 23.9 Å². The molecule has 27 heavy (non-hydrogen) atoms. The Morgan fingerprint density at radius 1 is 1.07 bits per heavy atom. The molecule has 0 unspecified atom stereocenters. The van der Waals surface area contributed by atoms with E-state index < -0.39 is 0 Å². The van der Waals surface area contributed by atoms with Crippen LogP contribution in [0.25, 0.3) is 0 Å². The van der Waals surface area contributed by atoms with Gasteiger partial charge in [0.25, 0.3) is 0 Å². The molecule has 0 aliphatic carbocycles. The van der Waals surface area contributed by atoms with E-state index >= 15 is 0 Å². The molecule has 1 atom stereocenters. The Morgan fingerprint density at radius 3 is 2.33 bits per heavy atom. The van der Waals surface area contributed by atoms with Gasteiger partial charge >= 0.3 is 0 Å². The summed E-state index contributed by atoms with van der Waals surface area (Å²) in [6, 6.07) is 22.7. The van der Waals surface area contributed by atoms with Crippen molar-refractivity contribution in [2.45, 2.75) is 25.4 Å². The molecule has 0 saturated heterocycles. The number of benzene rings is 2. The molecule has 3 nitrogen and oxygen atoms in total. The molecule has 0 bridgehead atoms. The Hall–Kier alpha value is -2.43. The van der Waals surface area contributed by atoms with Gasteiger partial charge in [-0.25, -0.2) is 0 Å². The van der Waals surface area contributed by atoms with Crippen LogP contribution in [0.1, 0.15) is 40.6 Å². The average Bonchev–Trinajstić information content (AvgIpc) is 3.19. The van der Waals surface area contributed by atoms with E-state index in [-0.39, 0.29) is 18.0 Å². The lowest BCUT2D eigenvalue weighted by atomic mass is 9.98. The summed E-state index contributed by atoms with van der Waals surface area (Å²) in [4.78, 5) is 16.7. The largest absolute Gasteiger partial charge is 0.344 e. The van der Waals surface area contributed by atoms with Crippen LogP contribution in [0, 0.1) is 0 Å². The van der Waals surface area contributed by atoms with Crippen LogP contribution in [-0.2, 0) is 11.2 Å². The summed E-state index contributed by atoms with van der Waals surface area (Å²) < 4.78 is 0. The van der Waals surface area contributed by atoms with Crippen molar-refractivity contribution < 1.29 is 4.79 Å². The summed E-state index contributed by atoms with van der Waals surface area (Å²) in [7, 11) is 0. The normalized spacial score (nSPS) is 16.9. The minimum absolute atomic E-state index is 0.0678. The lowest BCUT2D eigenvalue weighted by Gasteiger charge is -2.33. The van der Waals surface area contributed by atoms with Crippen molar-refractivity contribution >= 4 is 17.2 Å². The smallest absolute Gasteiger partial charge is 0.234 e. The Labute approximate surface area is 164 Å². The van der Waals surface area contributed by atoms with Gasteiger partial charge in [0.1, 0.15) is 0 Å². The van der Waals surface area contributed by atoms with E-state index in [2.05, 4.69) is 52.9 Å². The standard InChI is InChI=1S/C23H24N2OS/c1-17-20-13-15-27-21(20)12-14-25(17)16-22(26)24-23(18-8-4-2-5-9-18)19-10-6-3-7-11-19/h2-11,13,15,17,23H,12,14,16H2,1H3,(H,24,26)/t17-/m0/s1. The second-order valence-corrected chi connectivity index (χ2v) is 8.02. The number of nitrogens with one attached hydrogen (secondary N) is 1. The number of thiophene rings is 1. The van der Waals surface area contributed by atoms with Crippen molar-refractivity contribution in [3.63, 3.8) is 0 Å². The predicted molar refractivity (Wildman–Crippen MR) is 111 cm³/mol. The number of hydrogen-bond donors (Lipinski definition) is 1. The minimum Gasteiger partial charge on any atom is -0.344 e. The van der Waals surface area contributed by atoms with Crippen LogP contribution in [0.5, 0.6) is 0 Å². The molecule has 1 aromatic heterocycles. The average molecular weight is 377 g/mol. The van der Waals surface area contributed by atoms with Crippen molar-refractivity contribution in [2.75, 3.05) is 13.1 Å². The zero-order valence-corrected chi connectivity index (χ0v) is 16.3. The van der Waals surface area contributed by atoms with E-state index in [0.717, 1.165) is 24.1 Å². The molecule has 0 spiro atoms. The molecule has 3 aromatic rings. The van der Waals surface area contributed by atoms with Crippen molar-refractivity contribution in [2.24, 2.45) is 0 Å². The molecular formula is C23H24N2OS. The predicted octanol–water partition coefficient (Wildman–Crippen LogP) is 4.57. The first-order chi connectivity index (χ1) is 13.2. The maximum absolute atomic E-state index is 12.9. The van der Waals surface area contributed by atoms with Gasteiger partial charge in [-0.1, -0.05) is 60.7 Å². The molecule has 2 heterocycles. The Bertz CT molecular complexity index is 852. The van der Waals surface area contributed by atoms with Crippen LogP contribution in [0.2, 0.25) is 0 Å². The van der Waals surface area contributed by atoms with E-state index in [9.17, 15) is 4.79 Å². The fourth-order valence-corrected chi connectivity index (χ4v) is 4.78. The summed E-state index contributed by atoms with van der Waals surface area (Å²) in [6.07, 6.45) is 1.03. The molecule has 1 N–H and O–H groups in total.